The van der Waals surface area contributed by atoms with Crippen molar-refractivity contribution in [2.45, 2.75) is 16.8 Å². The summed E-state index contributed by atoms with van der Waals surface area (Å²) in [4.78, 5) is 16.3. The van der Waals surface area contributed by atoms with Gasteiger partial charge in [-0.15, -0.1) is 0 Å². The minimum atomic E-state index is -0.926. The number of carbonyl (C=O) groups is 1. The zero-order valence-electron chi connectivity index (χ0n) is 9.25. The summed E-state index contributed by atoms with van der Waals surface area (Å²) in [5.74, 6) is -0.926. The number of rotatable bonds is 3. The molecule has 4 heteroatoms. The van der Waals surface area contributed by atoms with Gasteiger partial charge in [-0.25, -0.2) is 9.78 Å². The SMILES string of the molecule is Cc1cc(C(=O)O)cc(Sc2ccccc2)n1. The molecule has 0 saturated heterocycles. The fourth-order valence-electron chi connectivity index (χ4n) is 1.42. The van der Waals surface area contributed by atoms with Crippen LogP contribution in [0.15, 0.2) is 52.4 Å². The number of aromatic carboxylic acids is 1. The summed E-state index contributed by atoms with van der Waals surface area (Å²) < 4.78 is 0. The number of aromatic nitrogens is 1. The average Bonchev–Trinajstić information content (AvgIpc) is 2.29. The molecule has 1 heterocycles. The quantitative estimate of drug-likeness (QED) is 0.901. The van der Waals surface area contributed by atoms with Crippen LogP contribution in [0.3, 0.4) is 0 Å². The van der Waals surface area contributed by atoms with E-state index in [-0.39, 0.29) is 5.56 Å². The van der Waals surface area contributed by atoms with Crippen molar-refractivity contribution in [1.29, 1.82) is 0 Å². The number of carboxylic acids is 1. The molecule has 0 unspecified atom stereocenters. The highest BCUT2D eigenvalue weighted by Gasteiger charge is 2.07. The zero-order valence-corrected chi connectivity index (χ0v) is 10.1. The lowest BCUT2D eigenvalue weighted by atomic mass is 10.2. The van der Waals surface area contributed by atoms with Crippen LogP contribution in [-0.2, 0) is 0 Å². The molecule has 0 atom stereocenters. The molecule has 1 N–H and O–H groups in total. The van der Waals surface area contributed by atoms with Crippen molar-refractivity contribution in [2.75, 3.05) is 0 Å². The first-order chi connectivity index (χ1) is 8.15. The van der Waals surface area contributed by atoms with Crippen LogP contribution >= 0.6 is 11.8 Å². The van der Waals surface area contributed by atoms with Gasteiger partial charge in [-0.3, -0.25) is 0 Å². The van der Waals surface area contributed by atoms with Crippen LogP contribution in [-0.4, -0.2) is 16.1 Å². The van der Waals surface area contributed by atoms with Crippen LogP contribution in [0, 0.1) is 6.92 Å². The molecule has 0 amide bonds. The summed E-state index contributed by atoms with van der Waals surface area (Å²) in [5, 5.41) is 9.67. The van der Waals surface area contributed by atoms with Gasteiger partial charge in [0.1, 0.15) is 5.03 Å². The molecule has 0 aliphatic carbocycles. The van der Waals surface area contributed by atoms with Gasteiger partial charge in [0.25, 0.3) is 0 Å². The number of nitrogens with zero attached hydrogens (tertiary/aromatic N) is 1. The highest BCUT2D eigenvalue weighted by Crippen LogP contribution is 2.26. The molecule has 0 aliphatic rings. The number of pyridine rings is 1. The maximum absolute atomic E-state index is 10.9. The molecule has 0 fully saturated rings. The van der Waals surface area contributed by atoms with E-state index < -0.39 is 5.97 Å². The maximum atomic E-state index is 10.9. The predicted octanol–water partition coefficient (Wildman–Crippen LogP) is 3.24. The summed E-state index contributed by atoms with van der Waals surface area (Å²) in [6.07, 6.45) is 0. The van der Waals surface area contributed by atoms with Crippen LogP contribution in [0.25, 0.3) is 0 Å². The maximum Gasteiger partial charge on any atom is 0.335 e. The summed E-state index contributed by atoms with van der Waals surface area (Å²) in [6.45, 7) is 1.79. The Bertz CT molecular complexity index is 540. The fourth-order valence-corrected chi connectivity index (χ4v) is 2.33. The van der Waals surface area contributed by atoms with Crippen molar-refractivity contribution in [2.24, 2.45) is 0 Å². The molecule has 1 aromatic carbocycles. The van der Waals surface area contributed by atoms with Gasteiger partial charge in [0, 0.05) is 10.6 Å². The molecule has 0 aliphatic heterocycles. The van der Waals surface area contributed by atoms with Crippen molar-refractivity contribution >= 4 is 17.7 Å². The van der Waals surface area contributed by atoms with E-state index >= 15 is 0 Å². The summed E-state index contributed by atoms with van der Waals surface area (Å²) in [7, 11) is 0. The van der Waals surface area contributed by atoms with Gasteiger partial charge in [-0.1, -0.05) is 30.0 Å². The Morgan fingerprint density at radius 1 is 1.24 bits per heavy atom. The second-order valence-corrected chi connectivity index (χ2v) is 4.65. The lowest BCUT2D eigenvalue weighted by Gasteiger charge is -2.03. The Balaban J connectivity index is 2.30. The third-order valence-electron chi connectivity index (χ3n) is 2.14. The Kier molecular flexibility index (Phi) is 3.44. The third kappa shape index (κ3) is 3.07. The number of hydrogen-bond donors (Lipinski definition) is 1. The smallest absolute Gasteiger partial charge is 0.335 e. The second kappa shape index (κ2) is 5.01. The lowest BCUT2D eigenvalue weighted by molar-refractivity contribution is 0.0696. The monoisotopic (exact) mass is 245 g/mol. The third-order valence-corrected chi connectivity index (χ3v) is 3.07. The summed E-state index contributed by atoms with van der Waals surface area (Å²) in [5.41, 5.74) is 0.985. The Morgan fingerprint density at radius 2 is 1.94 bits per heavy atom. The minimum absolute atomic E-state index is 0.274. The van der Waals surface area contributed by atoms with Gasteiger partial charge in [-0.2, -0.15) is 0 Å². The molecule has 0 spiro atoms. The van der Waals surface area contributed by atoms with E-state index in [1.54, 1.807) is 19.1 Å². The van der Waals surface area contributed by atoms with Gasteiger partial charge in [0.15, 0.2) is 0 Å². The molecular weight excluding hydrogens is 234 g/mol. The minimum Gasteiger partial charge on any atom is -0.478 e. The molecular formula is C13H11NO2S. The molecule has 0 bridgehead atoms. The highest BCUT2D eigenvalue weighted by atomic mass is 32.2. The number of aryl methyl sites for hydroxylation is 1. The Morgan fingerprint density at radius 3 is 2.59 bits per heavy atom. The average molecular weight is 245 g/mol. The molecule has 0 saturated carbocycles. The molecule has 0 radical (unpaired) electrons. The normalized spacial score (nSPS) is 10.2. The topological polar surface area (TPSA) is 50.2 Å². The van der Waals surface area contributed by atoms with Crippen molar-refractivity contribution in [3.63, 3.8) is 0 Å². The van der Waals surface area contributed by atoms with Crippen LogP contribution in [0.4, 0.5) is 0 Å². The molecule has 2 aromatic rings. The first kappa shape index (κ1) is 11.7. The van der Waals surface area contributed by atoms with Crippen molar-refractivity contribution in [3.05, 3.63) is 53.7 Å². The second-order valence-electron chi connectivity index (χ2n) is 3.56. The molecule has 1 aromatic heterocycles. The van der Waals surface area contributed by atoms with E-state index in [1.165, 1.54) is 11.8 Å². The standard InChI is InChI=1S/C13H11NO2S/c1-9-7-10(13(15)16)8-12(14-9)17-11-5-3-2-4-6-11/h2-8H,1H3,(H,15,16). The zero-order chi connectivity index (χ0) is 12.3. The Hall–Kier alpha value is -1.81. The highest BCUT2D eigenvalue weighted by molar-refractivity contribution is 7.99. The van der Waals surface area contributed by atoms with Crippen LogP contribution < -0.4 is 0 Å². The van der Waals surface area contributed by atoms with E-state index in [0.717, 1.165) is 4.90 Å². The Labute approximate surface area is 104 Å². The number of benzene rings is 1. The van der Waals surface area contributed by atoms with Gasteiger partial charge in [0.2, 0.25) is 0 Å². The number of carboxylic acid groups (broad SMARTS) is 1. The van der Waals surface area contributed by atoms with Crippen LogP contribution in [0.2, 0.25) is 0 Å². The molecule has 17 heavy (non-hydrogen) atoms. The van der Waals surface area contributed by atoms with Crippen LogP contribution in [0.1, 0.15) is 16.1 Å². The predicted molar refractivity (Wildman–Crippen MR) is 66.5 cm³/mol. The molecule has 3 nitrogen and oxygen atoms in total. The van der Waals surface area contributed by atoms with E-state index in [0.29, 0.717) is 10.7 Å². The van der Waals surface area contributed by atoms with Gasteiger partial charge in [0.05, 0.1) is 5.56 Å². The van der Waals surface area contributed by atoms with E-state index in [2.05, 4.69) is 4.98 Å². The van der Waals surface area contributed by atoms with E-state index in [9.17, 15) is 4.79 Å². The van der Waals surface area contributed by atoms with E-state index in [1.807, 2.05) is 30.3 Å². The largest absolute Gasteiger partial charge is 0.478 e. The van der Waals surface area contributed by atoms with E-state index in [4.69, 9.17) is 5.11 Å². The lowest BCUT2D eigenvalue weighted by Crippen LogP contribution is -1.98. The van der Waals surface area contributed by atoms with Crippen molar-refractivity contribution < 1.29 is 9.90 Å². The molecule has 2 rings (SSSR count). The summed E-state index contributed by atoms with van der Waals surface area (Å²) in [6, 6.07) is 12.9. The fraction of sp³-hybridized carbons (Fsp3) is 0.0769. The number of hydrogen-bond acceptors (Lipinski definition) is 3. The molecule has 86 valence electrons. The van der Waals surface area contributed by atoms with Gasteiger partial charge in [-0.05, 0) is 31.2 Å². The van der Waals surface area contributed by atoms with Crippen molar-refractivity contribution in [1.82, 2.24) is 4.98 Å². The first-order valence-corrected chi connectivity index (χ1v) is 5.92. The van der Waals surface area contributed by atoms with Crippen LogP contribution in [0.5, 0.6) is 0 Å². The van der Waals surface area contributed by atoms with Crippen molar-refractivity contribution in [3.8, 4) is 0 Å². The first-order valence-electron chi connectivity index (χ1n) is 5.10. The van der Waals surface area contributed by atoms with Gasteiger partial charge >= 0.3 is 5.97 Å². The van der Waals surface area contributed by atoms with Gasteiger partial charge < -0.3 is 5.11 Å². The summed E-state index contributed by atoms with van der Waals surface area (Å²) >= 11 is 1.46.